The number of aryl methyl sites for hydroxylation is 1. The zero-order valence-electron chi connectivity index (χ0n) is 16.8. The number of piperidine rings is 1. The van der Waals surface area contributed by atoms with Gasteiger partial charge in [0.05, 0.1) is 0 Å². The average Bonchev–Trinajstić information content (AvgIpc) is 3.34. The van der Waals surface area contributed by atoms with Gasteiger partial charge in [-0.2, -0.15) is 0 Å². The number of carbonyl (C=O) groups is 1. The zero-order chi connectivity index (χ0) is 19.8. The van der Waals surface area contributed by atoms with Gasteiger partial charge >= 0.3 is 0 Å². The number of nitrogens with zero attached hydrogens (tertiary/aromatic N) is 3. The van der Waals surface area contributed by atoms with Gasteiger partial charge in [-0.15, -0.1) is 0 Å². The van der Waals surface area contributed by atoms with Gasteiger partial charge in [0.2, 0.25) is 0 Å². The van der Waals surface area contributed by atoms with E-state index in [4.69, 9.17) is 4.52 Å². The van der Waals surface area contributed by atoms with E-state index >= 15 is 0 Å². The number of halogens is 1. The third-order valence-corrected chi connectivity index (χ3v) is 6.94. The summed E-state index contributed by atoms with van der Waals surface area (Å²) in [7, 11) is 0. The van der Waals surface area contributed by atoms with E-state index in [1.54, 1.807) is 0 Å². The fourth-order valence-electron chi connectivity index (χ4n) is 5.44. The highest BCUT2D eigenvalue weighted by Gasteiger charge is 2.43. The van der Waals surface area contributed by atoms with E-state index in [9.17, 15) is 9.18 Å². The van der Waals surface area contributed by atoms with Crippen LogP contribution in [0.25, 0.3) is 0 Å². The van der Waals surface area contributed by atoms with E-state index in [1.165, 1.54) is 12.1 Å². The van der Waals surface area contributed by atoms with Gasteiger partial charge in [0, 0.05) is 43.6 Å². The maximum Gasteiger partial charge on any atom is 0.276 e. The van der Waals surface area contributed by atoms with E-state index in [0.717, 1.165) is 94.6 Å². The Morgan fingerprint density at radius 2 is 1.90 bits per heavy atom. The molecule has 5 nitrogen and oxygen atoms in total. The number of carbonyl (C=O) groups excluding carboxylic acids is 1. The molecule has 1 atom stereocenters. The molecular weight excluding hydrogens is 369 g/mol. The van der Waals surface area contributed by atoms with Crippen molar-refractivity contribution in [2.24, 2.45) is 5.41 Å². The molecule has 0 radical (unpaired) electrons. The Balaban J connectivity index is 1.26. The van der Waals surface area contributed by atoms with E-state index in [0.29, 0.717) is 5.69 Å². The summed E-state index contributed by atoms with van der Waals surface area (Å²) in [4.78, 5) is 17.6. The predicted octanol–water partition coefficient (Wildman–Crippen LogP) is 3.82. The molecular formula is C23H28FN3O2. The molecule has 1 aliphatic carbocycles. The van der Waals surface area contributed by atoms with Gasteiger partial charge in [-0.05, 0) is 62.8 Å². The molecule has 154 valence electrons. The fraction of sp³-hybridized carbons (Fsp3) is 0.565. The topological polar surface area (TPSA) is 49.6 Å². The normalized spacial score (nSPS) is 24.8. The second kappa shape index (κ2) is 7.56. The van der Waals surface area contributed by atoms with Crippen molar-refractivity contribution >= 4 is 5.91 Å². The highest BCUT2D eigenvalue weighted by molar-refractivity contribution is 5.94. The standard InChI is InChI=1S/C23H28FN3O2/c24-18-8-6-17(7-9-18)14-26-12-3-10-23(15-26)11-13-27(16-23)22(28)21-19-4-1-2-5-20(19)29-25-21/h6-9H,1-5,10-16H2/t23-/m1/s1. The summed E-state index contributed by atoms with van der Waals surface area (Å²) in [6.07, 6.45) is 7.38. The maximum atomic E-state index is 13.2. The van der Waals surface area contributed by atoms with E-state index in [1.807, 2.05) is 17.0 Å². The van der Waals surface area contributed by atoms with Crippen molar-refractivity contribution in [1.82, 2.24) is 15.0 Å². The van der Waals surface area contributed by atoms with Crippen molar-refractivity contribution in [2.75, 3.05) is 26.2 Å². The SMILES string of the molecule is O=C(c1noc2c1CCCC2)N1CC[C@@]2(CCCN(Cc3ccc(F)cc3)C2)C1. The molecule has 0 bridgehead atoms. The van der Waals surface area contributed by atoms with Crippen LogP contribution in [0.15, 0.2) is 28.8 Å². The first kappa shape index (κ1) is 18.8. The molecule has 0 N–H and O–H groups in total. The average molecular weight is 397 g/mol. The van der Waals surface area contributed by atoms with Crippen molar-refractivity contribution in [1.29, 1.82) is 0 Å². The van der Waals surface area contributed by atoms with Crippen molar-refractivity contribution in [3.05, 3.63) is 52.7 Å². The first-order chi connectivity index (χ1) is 14.1. The van der Waals surface area contributed by atoms with Crippen LogP contribution in [0, 0.1) is 11.2 Å². The first-order valence-electron chi connectivity index (χ1n) is 10.9. The third kappa shape index (κ3) is 3.70. The fourth-order valence-corrected chi connectivity index (χ4v) is 5.44. The summed E-state index contributed by atoms with van der Waals surface area (Å²) < 4.78 is 18.6. The number of likely N-dealkylation sites (tertiary alicyclic amines) is 2. The second-order valence-corrected chi connectivity index (χ2v) is 9.06. The Morgan fingerprint density at radius 3 is 2.76 bits per heavy atom. The monoisotopic (exact) mass is 397 g/mol. The van der Waals surface area contributed by atoms with E-state index in [-0.39, 0.29) is 17.1 Å². The number of fused-ring (bicyclic) bond motifs is 1. The van der Waals surface area contributed by atoms with Gasteiger partial charge < -0.3 is 9.42 Å². The second-order valence-electron chi connectivity index (χ2n) is 9.06. The number of benzene rings is 1. The Morgan fingerprint density at radius 1 is 1.07 bits per heavy atom. The summed E-state index contributed by atoms with van der Waals surface area (Å²) >= 11 is 0. The molecule has 2 saturated heterocycles. The summed E-state index contributed by atoms with van der Waals surface area (Å²) in [5.41, 5.74) is 2.90. The van der Waals surface area contributed by atoms with Gasteiger partial charge in [-0.3, -0.25) is 9.69 Å². The first-order valence-corrected chi connectivity index (χ1v) is 10.9. The minimum absolute atomic E-state index is 0.0458. The molecule has 0 unspecified atom stereocenters. The van der Waals surface area contributed by atoms with Gasteiger partial charge in [0.15, 0.2) is 5.69 Å². The molecule has 3 aliphatic rings. The molecule has 1 aromatic carbocycles. The molecule has 1 aromatic heterocycles. The molecule has 6 heteroatoms. The van der Waals surface area contributed by atoms with Crippen LogP contribution in [-0.2, 0) is 19.4 Å². The molecule has 2 fully saturated rings. The summed E-state index contributed by atoms with van der Waals surface area (Å²) in [5.74, 6) is 0.768. The van der Waals surface area contributed by atoms with E-state index < -0.39 is 0 Å². The van der Waals surface area contributed by atoms with Gasteiger partial charge in [-0.25, -0.2) is 4.39 Å². The highest BCUT2D eigenvalue weighted by atomic mass is 19.1. The van der Waals surface area contributed by atoms with Gasteiger partial charge in [0.25, 0.3) is 5.91 Å². The van der Waals surface area contributed by atoms with Crippen LogP contribution < -0.4 is 0 Å². The van der Waals surface area contributed by atoms with Crippen molar-refractivity contribution < 1.29 is 13.7 Å². The van der Waals surface area contributed by atoms with Crippen LogP contribution in [0.1, 0.15) is 59.5 Å². The molecule has 1 amide bonds. The van der Waals surface area contributed by atoms with Crippen LogP contribution in [0.5, 0.6) is 0 Å². The Labute approximate surface area is 170 Å². The third-order valence-electron chi connectivity index (χ3n) is 6.94. The molecule has 3 heterocycles. The quantitative estimate of drug-likeness (QED) is 0.790. The van der Waals surface area contributed by atoms with Crippen LogP contribution in [-0.4, -0.2) is 47.0 Å². The van der Waals surface area contributed by atoms with Gasteiger partial charge in [0.1, 0.15) is 11.6 Å². The lowest BCUT2D eigenvalue weighted by atomic mass is 9.79. The molecule has 29 heavy (non-hydrogen) atoms. The smallest absolute Gasteiger partial charge is 0.276 e. The van der Waals surface area contributed by atoms with Crippen LogP contribution in [0.3, 0.4) is 0 Å². The van der Waals surface area contributed by atoms with Crippen LogP contribution >= 0.6 is 0 Å². The molecule has 0 saturated carbocycles. The van der Waals surface area contributed by atoms with Gasteiger partial charge in [-0.1, -0.05) is 17.3 Å². The summed E-state index contributed by atoms with van der Waals surface area (Å²) in [6, 6.07) is 6.80. The van der Waals surface area contributed by atoms with Crippen LogP contribution in [0.2, 0.25) is 0 Å². The Kier molecular flexibility index (Phi) is 4.90. The Bertz CT molecular complexity index is 894. The lowest BCUT2D eigenvalue weighted by Gasteiger charge is -2.40. The van der Waals surface area contributed by atoms with Crippen LogP contribution in [0.4, 0.5) is 4.39 Å². The van der Waals surface area contributed by atoms with E-state index in [2.05, 4.69) is 10.1 Å². The minimum atomic E-state index is -0.191. The Hall–Kier alpha value is -2.21. The largest absolute Gasteiger partial charge is 0.360 e. The molecule has 1 spiro atoms. The number of hydrogen-bond acceptors (Lipinski definition) is 4. The lowest BCUT2D eigenvalue weighted by Crippen LogP contribution is -2.45. The number of aromatic nitrogens is 1. The lowest BCUT2D eigenvalue weighted by molar-refractivity contribution is 0.0667. The molecule has 5 rings (SSSR count). The number of amides is 1. The van der Waals surface area contributed by atoms with Crippen molar-refractivity contribution in [3.8, 4) is 0 Å². The minimum Gasteiger partial charge on any atom is -0.360 e. The highest BCUT2D eigenvalue weighted by Crippen LogP contribution is 2.40. The zero-order valence-corrected chi connectivity index (χ0v) is 16.8. The molecule has 2 aromatic rings. The van der Waals surface area contributed by atoms with Crippen molar-refractivity contribution in [2.45, 2.75) is 51.5 Å². The number of hydrogen-bond donors (Lipinski definition) is 0. The summed E-state index contributed by atoms with van der Waals surface area (Å²) in [6.45, 7) is 4.49. The number of rotatable bonds is 3. The maximum absolute atomic E-state index is 13.2. The summed E-state index contributed by atoms with van der Waals surface area (Å²) in [5, 5.41) is 4.15. The molecule has 2 aliphatic heterocycles. The van der Waals surface area contributed by atoms with Crippen molar-refractivity contribution in [3.63, 3.8) is 0 Å². The predicted molar refractivity (Wildman–Crippen MR) is 107 cm³/mol.